The SMILES string of the molecule is CCC(C)c1ccc2c3ccc(C(C)(C)C)cc3n(CC)c2c1. The predicted molar refractivity (Wildman–Crippen MR) is 103 cm³/mol. The highest BCUT2D eigenvalue weighted by Crippen LogP contribution is 2.34. The molecule has 0 saturated heterocycles. The van der Waals surface area contributed by atoms with Crippen molar-refractivity contribution in [1.29, 1.82) is 0 Å². The molecule has 0 aliphatic carbocycles. The van der Waals surface area contributed by atoms with Crippen molar-refractivity contribution in [2.45, 2.75) is 65.8 Å². The van der Waals surface area contributed by atoms with Crippen LogP contribution in [0.3, 0.4) is 0 Å². The summed E-state index contributed by atoms with van der Waals surface area (Å²) in [5.41, 5.74) is 5.80. The summed E-state index contributed by atoms with van der Waals surface area (Å²) in [5.74, 6) is 0.618. The molecule has 0 aliphatic rings. The average Bonchev–Trinajstić information content (AvgIpc) is 2.85. The van der Waals surface area contributed by atoms with Crippen LogP contribution in [0.25, 0.3) is 21.8 Å². The molecule has 1 atom stereocenters. The van der Waals surface area contributed by atoms with Gasteiger partial charge in [-0.25, -0.2) is 0 Å². The number of hydrogen-bond acceptors (Lipinski definition) is 0. The van der Waals surface area contributed by atoms with E-state index in [-0.39, 0.29) is 5.41 Å². The van der Waals surface area contributed by atoms with Crippen LogP contribution in [0.5, 0.6) is 0 Å². The molecule has 1 heteroatoms. The Hall–Kier alpha value is -1.76. The highest BCUT2D eigenvalue weighted by molar-refractivity contribution is 6.08. The minimum Gasteiger partial charge on any atom is -0.341 e. The molecular weight excluding hydrogens is 278 g/mol. The van der Waals surface area contributed by atoms with Crippen LogP contribution in [0.15, 0.2) is 36.4 Å². The molecule has 0 fully saturated rings. The second-order valence-electron chi connectivity index (χ2n) is 7.81. The zero-order chi connectivity index (χ0) is 16.8. The first-order valence-corrected chi connectivity index (χ1v) is 8.93. The van der Waals surface area contributed by atoms with E-state index >= 15 is 0 Å². The first kappa shape index (κ1) is 16.1. The molecule has 0 radical (unpaired) electrons. The van der Waals surface area contributed by atoms with E-state index in [0.29, 0.717) is 5.92 Å². The van der Waals surface area contributed by atoms with Gasteiger partial charge in [-0.2, -0.15) is 0 Å². The maximum absolute atomic E-state index is 2.48. The fraction of sp³-hybridized carbons (Fsp3) is 0.455. The van der Waals surface area contributed by atoms with Gasteiger partial charge >= 0.3 is 0 Å². The first-order chi connectivity index (χ1) is 10.9. The number of aromatic nitrogens is 1. The molecule has 0 saturated carbocycles. The maximum Gasteiger partial charge on any atom is 0.0494 e. The van der Waals surface area contributed by atoms with Gasteiger partial charge < -0.3 is 4.57 Å². The Morgan fingerprint density at radius 1 is 0.913 bits per heavy atom. The van der Waals surface area contributed by atoms with Crippen molar-refractivity contribution < 1.29 is 0 Å². The van der Waals surface area contributed by atoms with E-state index in [9.17, 15) is 0 Å². The minimum absolute atomic E-state index is 0.186. The zero-order valence-corrected chi connectivity index (χ0v) is 15.4. The summed E-state index contributed by atoms with van der Waals surface area (Å²) in [6.07, 6.45) is 1.19. The molecule has 23 heavy (non-hydrogen) atoms. The topological polar surface area (TPSA) is 4.93 Å². The second kappa shape index (κ2) is 5.70. The van der Waals surface area contributed by atoms with Gasteiger partial charge in [-0.05, 0) is 47.9 Å². The smallest absolute Gasteiger partial charge is 0.0494 e. The third-order valence-corrected chi connectivity index (χ3v) is 5.25. The third-order valence-electron chi connectivity index (χ3n) is 5.25. The molecule has 122 valence electrons. The fourth-order valence-electron chi connectivity index (χ4n) is 3.46. The Labute approximate surface area is 140 Å². The Balaban J connectivity index is 2.32. The van der Waals surface area contributed by atoms with E-state index in [2.05, 4.69) is 82.5 Å². The molecule has 0 spiro atoms. The lowest BCUT2D eigenvalue weighted by atomic mass is 9.86. The third kappa shape index (κ3) is 2.67. The van der Waals surface area contributed by atoms with Crippen LogP contribution in [0.4, 0.5) is 0 Å². The maximum atomic E-state index is 2.48. The summed E-state index contributed by atoms with van der Waals surface area (Å²) in [7, 11) is 0. The number of fused-ring (bicyclic) bond motifs is 3. The fourth-order valence-corrected chi connectivity index (χ4v) is 3.46. The second-order valence-corrected chi connectivity index (χ2v) is 7.81. The predicted octanol–water partition coefficient (Wildman–Crippen LogP) is 6.63. The van der Waals surface area contributed by atoms with Crippen molar-refractivity contribution in [2.24, 2.45) is 0 Å². The normalized spacial score (nSPS) is 13.8. The molecule has 3 rings (SSSR count). The highest BCUT2D eigenvalue weighted by Gasteiger charge is 2.17. The van der Waals surface area contributed by atoms with Gasteiger partial charge in [0.05, 0.1) is 0 Å². The van der Waals surface area contributed by atoms with Crippen LogP contribution in [-0.2, 0) is 12.0 Å². The molecule has 1 aromatic heterocycles. The number of nitrogens with zero attached hydrogens (tertiary/aromatic N) is 1. The summed E-state index contributed by atoms with van der Waals surface area (Å²) < 4.78 is 2.48. The van der Waals surface area contributed by atoms with Crippen molar-refractivity contribution in [3.8, 4) is 0 Å². The van der Waals surface area contributed by atoms with Gasteiger partial charge in [0.15, 0.2) is 0 Å². The minimum atomic E-state index is 0.186. The van der Waals surface area contributed by atoms with Crippen molar-refractivity contribution in [2.75, 3.05) is 0 Å². The molecule has 2 aromatic carbocycles. The summed E-state index contributed by atoms with van der Waals surface area (Å²) in [6, 6.07) is 14.0. The van der Waals surface area contributed by atoms with Crippen LogP contribution in [0, 0.1) is 0 Å². The van der Waals surface area contributed by atoms with Gasteiger partial charge in [-0.15, -0.1) is 0 Å². The molecule has 1 unspecified atom stereocenters. The molecule has 0 N–H and O–H groups in total. The molecule has 0 amide bonds. The van der Waals surface area contributed by atoms with Crippen LogP contribution in [0.2, 0.25) is 0 Å². The highest BCUT2D eigenvalue weighted by atomic mass is 15.0. The molecule has 1 nitrogen and oxygen atoms in total. The monoisotopic (exact) mass is 307 g/mol. The Morgan fingerprint density at radius 3 is 2.09 bits per heavy atom. The zero-order valence-electron chi connectivity index (χ0n) is 15.4. The van der Waals surface area contributed by atoms with Crippen molar-refractivity contribution in [3.05, 3.63) is 47.5 Å². The lowest BCUT2D eigenvalue weighted by Crippen LogP contribution is -2.10. The molecule has 1 heterocycles. The van der Waals surface area contributed by atoms with Crippen LogP contribution in [0.1, 0.15) is 65.0 Å². The summed E-state index contributed by atoms with van der Waals surface area (Å²) in [6.45, 7) is 14.7. The van der Waals surface area contributed by atoms with Crippen LogP contribution < -0.4 is 0 Å². The van der Waals surface area contributed by atoms with Gasteiger partial charge in [0.2, 0.25) is 0 Å². The largest absolute Gasteiger partial charge is 0.341 e. The number of aryl methyl sites for hydroxylation is 1. The number of benzene rings is 2. The Morgan fingerprint density at radius 2 is 1.52 bits per heavy atom. The van der Waals surface area contributed by atoms with Gasteiger partial charge in [0.25, 0.3) is 0 Å². The first-order valence-electron chi connectivity index (χ1n) is 8.93. The van der Waals surface area contributed by atoms with Crippen LogP contribution in [-0.4, -0.2) is 4.57 Å². The summed E-state index contributed by atoms with van der Waals surface area (Å²) in [4.78, 5) is 0. The van der Waals surface area contributed by atoms with E-state index in [1.54, 1.807) is 0 Å². The standard InChI is InChI=1S/C22H29N/c1-7-15(3)16-9-11-18-19-12-10-17(22(4,5)6)14-21(19)23(8-2)20(18)13-16/h9-15H,7-8H2,1-6H3. The summed E-state index contributed by atoms with van der Waals surface area (Å²) >= 11 is 0. The molecular formula is C22H29N. The van der Waals surface area contributed by atoms with E-state index in [4.69, 9.17) is 0 Å². The van der Waals surface area contributed by atoms with E-state index < -0.39 is 0 Å². The quantitative estimate of drug-likeness (QED) is 0.512. The van der Waals surface area contributed by atoms with Gasteiger partial charge in [-0.3, -0.25) is 0 Å². The lowest BCUT2D eigenvalue weighted by molar-refractivity contribution is 0.590. The van der Waals surface area contributed by atoms with Crippen molar-refractivity contribution >= 4 is 21.8 Å². The van der Waals surface area contributed by atoms with E-state index in [1.165, 1.54) is 39.4 Å². The molecule has 0 bridgehead atoms. The van der Waals surface area contributed by atoms with E-state index in [0.717, 1.165) is 6.54 Å². The van der Waals surface area contributed by atoms with Gasteiger partial charge in [0, 0.05) is 28.4 Å². The number of rotatable bonds is 3. The molecule has 0 aliphatic heterocycles. The molecule has 3 aromatic rings. The average molecular weight is 307 g/mol. The Bertz CT molecular complexity index is 846. The number of hydrogen-bond donors (Lipinski definition) is 0. The Kier molecular flexibility index (Phi) is 4.00. The van der Waals surface area contributed by atoms with Crippen LogP contribution >= 0.6 is 0 Å². The summed E-state index contributed by atoms with van der Waals surface area (Å²) in [5, 5.41) is 2.76. The van der Waals surface area contributed by atoms with Crippen molar-refractivity contribution in [3.63, 3.8) is 0 Å². The lowest BCUT2D eigenvalue weighted by Gasteiger charge is -2.19. The van der Waals surface area contributed by atoms with E-state index in [1.807, 2.05) is 0 Å². The van der Waals surface area contributed by atoms with Gasteiger partial charge in [-0.1, -0.05) is 58.9 Å². The van der Waals surface area contributed by atoms with Crippen molar-refractivity contribution in [1.82, 2.24) is 4.57 Å². The van der Waals surface area contributed by atoms with Gasteiger partial charge in [0.1, 0.15) is 0 Å².